The number of hydrogen-bond acceptors (Lipinski definition) is 12. The highest BCUT2D eigenvalue weighted by Gasteiger charge is 2.12. The number of halogens is 2. The third kappa shape index (κ3) is 6.12. The van der Waals surface area contributed by atoms with Crippen molar-refractivity contribution in [2.24, 2.45) is 0 Å². The largest absolute Gasteiger partial charge is 0.329 e. The topological polar surface area (TPSA) is 189 Å². The fourth-order valence-corrected chi connectivity index (χ4v) is 3.99. The number of hydrogen-bond donors (Lipinski definition) is 4. The van der Waals surface area contributed by atoms with Crippen LogP contribution in [0.15, 0.2) is 28.0 Å². The molecule has 0 aliphatic rings. The van der Waals surface area contributed by atoms with E-state index in [0.29, 0.717) is 21.6 Å². The molecule has 0 unspecified atom stereocenters. The van der Waals surface area contributed by atoms with Crippen LogP contribution in [0.5, 0.6) is 0 Å². The van der Waals surface area contributed by atoms with Crippen LogP contribution in [0.4, 0.5) is 21.6 Å². The maximum Gasteiger partial charge on any atom is 0.278 e. The molecule has 0 amide bonds. The lowest BCUT2D eigenvalue weighted by Gasteiger charge is -2.02. The lowest BCUT2D eigenvalue weighted by Crippen LogP contribution is -2.03. The minimum Gasteiger partial charge on any atom is -0.329 e. The molecule has 0 aliphatic carbocycles. The molecule has 12 nitrogen and oxygen atoms in total. The summed E-state index contributed by atoms with van der Waals surface area (Å²) in [7, 11) is 0. The quantitative estimate of drug-likeness (QED) is 0.229. The summed E-state index contributed by atoms with van der Waals surface area (Å²) in [6.07, 6.45) is 1.42. The monoisotopic (exact) mass is 520 g/mol. The van der Waals surface area contributed by atoms with Crippen molar-refractivity contribution < 1.29 is 0 Å². The number of anilines is 4. The van der Waals surface area contributed by atoms with E-state index >= 15 is 0 Å². The molecule has 0 radical (unpaired) electrons. The molecule has 4 aromatic heterocycles. The lowest BCUT2D eigenvalue weighted by atomic mass is 10.3. The van der Waals surface area contributed by atoms with E-state index in [-0.39, 0.29) is 27.1 Å². The fourth-order valence-electron chi connectivity index (χ4n) is 2.19. The number of nitrogens with one attached hydrogen (secondary N) is 4. The van der Waals surface area contributed by atoms with Crippen LogP contribution in [0.25, 0.3) is 0 Å². The van der Waals surface area contributed by atoms with E-state index in [9.17, 15) is 9.59 Å². The Morgan fingerprint density at radius 1 is 0.909 bits per heavy atom. The van der Waals surface area contributed by atoms with Crippen LogP contribution in [0.1, 0.15) is 16.8 Å². The molecular formula is C17H10Cl2N10O2S2. The molecule has 0 spiro atoms. The smallest absolute Gasteiger partial charge is 0.278 e. The molecule has 16 heteroatoms. The first-order chi connectivity index (χ1) is 15.8. The van der Waals surface area contributed by atoms with E-state index in [4.69, 9.17) is 33.7 Å². The number of aromatic nitrogens is 6. The van der Waals surface area contributed by atoms with Crippen molar-refractivity contribution in [3.63, 3.8) is 0 Å². The van der Waals surface area contributed by atoms with Crippen LogP contribution in [-0.2, 0) is 0 Å². The van der Waals surface area contributed by atoms with Gasteiger partial charge in [-0.25, -0.2) is 19.9 Å². The van der Waals surface area contributed by atoms with Crippen LogP contribution >= 0.6 is 46.3 Å². The zero-order valence-corrected chi connectivity index (χ0v) is 19.4. The van der Waals surface area contributed by atoms with Gasteiger partial charge in [-0.3, -0.25) is 18.3 Å². The first kappa shape index (κ1) is 23.8. The molecule has 0 fully saturated rings. The number of rotatable bonds is 4. The zero-order valence-electron chi connectivity index (χ0n) is 16.3. The summed E-state index contributed by atoms with van der Waals surface area (Å²) in [5.41, 5.74) is 0.0213. The van der Waals surface area contributed by atoms with Gasteiger partial charge in [0.25, 0.3) is 11.1 Å². The van der Waals surface area contributed by atoms with Gasteiger partial charge in [-0.05, 0) is 41.6 Å². The maximum atomic E-state index is 11.2. The SMILES string of the molecule is Cc1cc(Nc2s[nH]c(=O)c2C#N)ncn1.N#Cc1c(Nc2cc(Cl)nc(Cl)n2)s[nH]c1=O. The van der Waals surface area contributed by atoms with Crippen LogP contribution in [0.3, 0.4) is 0 Å². The number of aromatic amines is 2. The molecule has 0 aromatic carbocycles. The molecular weight excluding hydrogens is 511 g/mol. The molecule has 0 aliphatic heterocycles. The standard InChI is InChI=1S/C9H7N5OS.C8H3Cl2N5OS/c1-5-2-7(12-4-11-5)13-9-6(3-10)8(15)14-16-9;9-4-1-5(14-8(10)12-4)13-7-3(2-11)6(16)15-17-7/h2,4H,1H3,(H,14,15)(H,11,12,13);1H,(H,15,16)(H,12,13,14). The third-order valence-corrected chi connectivity index (χ3v) is 5.54. The van der Waals surface area contributed by atoms with Crippen molar-refractivity contribution in [3.8, 4) is 12.1 Å². The van der Waals surface area contributed by atoms with Crippen LogP contribution in [0.2, 0.25) is 10.4 Å². The van der Waals surface area contributed by atoms with Crippen molar-refractivity contribution in [2.75, 3.05) is 10.6 Å². The van der Waals surface area contributed by atoms with E-state index in [1.807, 2.05) is 13.0 Å². The van der Waals surface area contributed by atoms with Crippen molar-refractivity contribution in [3.05, 3.63) is 66.4 Å². The summed E-state index contributed by atoms with van der Waals surface area (Å²) in [5.74, 6) is 0.862. The first-order valence-corrected chi connectivity index (χ1v) is 11.0. The molecule has 166 valence electrons. The van der Waals surface area contributed by atoms with Crippen molar-refractivity contribution in [1.29, 1.82) is 10.5 Å². The highest BCUT2D eigenvalue weighted by molar-refractivity contribution is 7.10. The predicted octanol–water partition coefficient (Wildman–Crippen LogP) is 3.30. The Hall–Kier alpha value is -3.82. The molecule has 0 saturated carbocycles. The summed E-state index contributed by atoms with van der Waals surface area (Å²) in [4.78, 5) is 37.8. The second kappa shape index (κ2) is 10.7. The molecule has 0 atom stereocenters. The van der Waals surface area contributed by atoms with Crippen molar-refractivity contribution >= 4 is 67.9 Å². The highest BCUT2D eigenvalue weighted by Crippen LogP contribution is 2.23. The number of aryl methyl sites for hydroxylation is 1. The van der Waals surface area contributed by atoms with Gasteiger partial charge in [-0.2, -0.15) is 10.5 Å². The summed E-state index contributed by atoms with van der Waals surface area (Å²) in [6, 6.07) is 6.78. The Bertz CT molecular complexity index is 1470. The molecule has 4 aromatic rings. The summed E-state index contributed by atoms with van der Waals surface area (Å²) >= 11 is 13.4. The van der Waals surface area contributed by atoms with Crippen molar-refractivity contribution in [2.45, 2.75) is 6.92 Å². The van der Waals surface area contributed by atoms with Crippen LogP contribution in [0, 0.1) is 29.6 Å². The second-order valence-corrected chi connectivity index (χ2v) is 8.20. The molecule has 4 N–H and O–H groups in total. The normalized spacial score (nSPS) is 9.85. The summed E-state index contributed by atoms with van der Waals surface area (Å²) in [5, 5.41) is 24.2. The zero-order chi connectivity index (χ0) is 24.0. The molecule has 4 rings (SSSR count). The van der Waals surface area contributed by atoms with Gasteiger partial charge < -0.3 is 10.6 Å². The molecule has 0 saturated heterocycles. The summed E-state index contributed by atoms with van der Waals surface area (Å²) in [6.45, 7) is 1.83. The van der Waals surface area contributed by atoms with Crippen LogP contribution < -0.4 is 21.8 Å². The van der Waals surface area contributed by atoms with E-state index in [1.54, 1.807) is 12.1 Å². The van der Waals surface area contributed by atoms with Gasteiger partial charge in [0.15, 0.2) is 11.1 Å². The minimum absolute atomic E-state index is 0.0131. The van der Waals surface area contributed by atoms with Gasteiger partial charge in [0.1, 0.15) is 45.3 Å². The molecule has 4 heterocycles. The van der Waals surface area contributed by atoms with Gasteiger partial charge in [0, 0.05) is 17.8 Å². The fraction of sp³-hybridized carbons (Fsp3) is 0.0588. The lowest BCUT2D eigenvalue weighted by molar-refractivity contribution is 1.10. The van der Waals surface area contributed by atoms with Crippen LogP contribution in [-0.4, -0.2) is 28.7 Å². The number of nitrogens with zero attached hydrogens (tertiary/aromatic N) is 6. The Morgan fingerprint density at radius 3 is 2.00 bits per heavy atom. The Morgan fingerprint density at radius 2 is 1.48 bits per heavy atom. The van der Waals surface area contributed by atoms with Gasteiger partial charge in [-0.1, -0.05) is 11.6 Å². The third-order valence-electron chi connectivity index (χ3n) is 3.58. The average molecular weight is 521 g/mol. The number of H-pyrrole nitrogens is 2. The Balaban J connectivity index is 0.000000186. The summed E-state index contributed by atoms with van der Waals surface area (Å²) < 4.78 is 4.91. The van der Waals surface area contributed by atoms with Gasteiger partial charge in [-0.15, -0.1) is 0 Å². The first-order valence-electron chi connectivity index (χ1n) is 8.56. The van der Waals surface area contributed by atoms with E-state index in [0.717, 1.165) is 28.8 Å². The number of nitriles is 2. The molecule has 33 heavy (non-hydrogen) atoms. The van der Waals surface area contributed by atoms with Gasteiger partial charge in [0.2, 0.25) is 5.28 Å². The minimum atomic E-state index is -0.453. The second-order valence-electron chi connectivity index (χ2n) is 5.84. The highest BCUT2D eigenvalue weighted by atomic mass is 35.5. The maximum absolute atomic E-state index is 11.2. The Kier molecular flexibility index (Phi) is 7.70. The van der Waals surface area contributed by atoms with Gasteiger partial charge in [0.05, 0.1) is 0 Å². The predicted molar refractivity (Wildman–Crippen MR) is 125 cm³/mol. The average Bonchev–Trinajstić information content (AvgIpc) is 3.29. The van der Waals surface area contributed by atoms with Gasteiger partial charge >= 0.3 is 0 Å². The van der Waals surface area contributed by atoms with Crippen molar-refractivity contribution in [1.82, 2.24) is 28.7 Å². The van der Waals surface area contributed by atoms with E-state index in [2.05, 4.69) is 39.3 Å². The van der Waals surface area contributed by atoms with E-state index < -0.39 is 5.56 Å². The Labute approximate surface area is 202 Å². The molecule has 0 bridgehead atoms. The van der Waals surface area contributed by atoms with E-state index in [1.165, 1.54) is 12.4 Å².